The lowest BCUT2D eigenvalue weighted by molar-refractivity contribution is 0.102. The standard InChI is InChI=1S/C12H9Cl2N3O3S/c13-9-4-3-7(21(15,19)20)6-10(9)17-12(18)8-2-1-5-16-11(8)14/h1-6H,(H,17,18)(H2,15,19,20). The summed E-state index contributed by atoms with van der Waals surface area (Å²) in [6, 6.07) is 6.75. The molecule has 0 aliphatic rings. The molecule has 0 aliphatic heterocycles. The number of aromatic nitrogens is 1. The highest BCUT2D eigenvalue weighted by molar-refractivity contribution is 7.89. The van der Waals surface area contributed by atoms with Gasteiger partial charge >= 0.3 is 0 Å². The maximum Gasteiger partial charge on any atom is 0.258 e. The average molecular weight is 346 g/mol. The number of hydrogen-bond donors (Lipinski definition) is 2. The number of sulfonamides is 1. The predicted molar refractivity (Wildman–Crippen MR) is 80.0 cm³/mol. The minimum absolute atomic E-state index is 0.0220. The van der Waals surface area contributed by atoms with Crippen LogP contribution in [0, 0.1) is 0 Å². The molecule has 2 aromatic rings. The number of nitrogens with one attached hydrogen (secondary N) is 1. The number of benzene rings is 1. The van der Waals surface area contributed by atoms with Gasteiger partial charge in [0.2, 0.25) is 10.0 Å². The Morgan fingerprint density at radius 2 is 1.95 bits per heavy atom. The van der Waals surface area contributed by atoms with Gasteiger partial charge in [0.25, 0.3) is 5.91 Å². The quantitative estimate of drug-likeness (QED) is 0.833. The highest BCUT2D eigenvalue weighted by Crippen LogP contribution is 2.26. The van der Waals surface area contributed by atoms with E-state index in [1.807, 2.05) is 0 Å². The van der Waals surface area contributed by atoms with Crippen LogP contribution in [0.1, 0.15) is 10.4 Å². The third-order valence-corrected chi connectivity index (χ3v) is 4.06. The first-order chi connectivity index (χ1) is 9.79. The number of hydrogen-bond acceptors (Lipinski definition) is 4. The van der Waals surface area contributed by atoms with Crippen molar-refractivity contribution in [3.63, 3.8) is 0 Å². The van der Waals surface area contributed by atoms with Crippen molar-refractivity contribution in [2.45, 2.75) is 4.90 Å². The van der Waals surface area contributed by atoms with Gasteiger partial charge in [-0.25, -0.2) is 18.5 Å². The van der Waals surface area contributed by atoms with Crippen molar-refractivity contribution in [3.05, 3.63) is 52.3 Å². The molecule has 2 rings (SSSR count). The molecule has 9 heteroatoms. The fraction of sp³-hybridized carbons (Fsp3) is 0. The van der Waals surface area contributed by atoms with Gasteiger partial charge in [-0.2, -0.15) is 0 Å². The van der Waals surface area contributed by atoms with Crippen molar-refractivity contribution >= 4 is 44.8 Å². The van der Waals surface area contributed by atoms with Crippen LogP contribution in [-0.4, -0.2) is 19.3 Å². The number of halogens is 2. The molecule has 0 radical (unpaired) electrons. The Morgan fingerprint density at radius 1 is 1.24 bits per heavy atom. The zero-order valence-electron chi connectivity index (χ0n) is 10.4. The van der Waals surface area contributed by atoms with E-state index in [9.17, 15) is 13.2 Å². The molecule has 0 saturated heterocycles. The maximum atomic E-state index is 12.1. The fourth-order valence-electron chi connectivity index (χ4n) is 1.52. The van der Waals surface area contributed by atoms with Crippen LogP contribution < -0.4 is 10.5 Å². The highest BCUT2D eigenvalue weighted by Gasteiger charge is 2.15. The summed E-state index contributed by atoms with van der Waals surface area (Å²) >= 11 is 11.7. The minimum Gasteiger partial charge on any atom is -0.320 e. The third kappa shape index (κ3) is 3.70. The summed E-state index contributed by atoms with van der Waals surface area (Å²) < 4.78 is 22.6. The van der Waals surface area contributed by atoms with Crippen LogP contribution in [0.2, 0.25) is 10.2 Å². The molecule has 1 heterocycles. The normalized spacial score (nSPS) is 11.2. The SMILES string of the molecule is NS(=O)(=O)c1ccc(Cl)c(NC(=O)c2cccnc2Cl)c1. The summed E-state index contributed by atoms with van der Waals surface area (Å²) in [6.07, 6.45) is 1.44. The average Bonchev–Trinajstić information content (AvgIpc) is 2.40. The van der Waals surface area contributed by atoms with E-state index in [2.05, 4.69) is 10.3 Å². The van der Waals surface area contributed by atoms with Crippen LogP contribution in [-0.2, 0) is 10.0 Å². The first-order valence-electron chi connectivity index (χ1n) is 5.53. The maximum absolute atomic E-state index is 12.1. The number of nitrogens with zero attached hydrogens (tertiary/aromatic N) is 1. The molecule has 0 bridgehead atoms. The van der Waals surface area contributed by atoms with Crippen LogP contribution in [0.5, 0.6) is 0 Å². The van der Waals surface area contributed by atoms with Crippen LogP contribution in [0.15, 0.2) is 41.4 Å². The Kier molecular flexibility index (Phi) is 4.48. The van der Waals surface area contributed by atoms with Crippen molar-refractivity contribution in [1.29, 1.82) is 0 Å². The molecule has 6 nitrogen and oxygen atoms in total. The lowest BCUT2D eigenvalue weighted by Gasteiger charge is -2.09. The molecule has 0 fully saturated rings. The number of amides is 1. The largest absolute Gasteiger partial charge is 0.320 e. The van der Waals surface area contributed by atoms with Crippen LogP contribution in [0.4, 0.5) is 5.69 Å². The Hall–Kier alpha value is -1.67. The van der Waals surface area contributed by atoms with Gasteiger partial charge in [-0.15, -0.1) is 0 Å². The van der Waals surface area contributed by atoms with Gasteiger partial charge in [0.15, 0.2) is 0 Å². The van der Waals surface area contributed by atoms with E-state index in [4.69, 9.17) is 28.3 Å². The predicted octanol–water partition coefficient (Wildman–Crippen LogP) is 2.29. The summed E-state index contributed by atoms with van der Waals surface area (Å²) in [5.41, 5.74) is 0.240. The summed E-state index contributed by atoms with van der Waals surface area (Å²) in [4.78, 5) is 15.7. The Balaban J connectivity index is 2.36. The number of carbonyl (C=O) groups is 1. The first-order valence-corrected chi connectivity index (χ1v) is 7.83. The van der Waals surface area contributed by atoms with E-state index >= 15 is 0 Å². The topological polar surface area (TPSA) is 102 Å². The number of primary sulfonamides is 1. The summed E-state index contributed by atoms with van der Waals surface area (Å²) in [5, 5.41) is 7.68. The van der Waals surface area contributed by atoms with Crippen molar-refractivity contribution in [2.75, 3.05) is 5.32 Å². The van der Waals surface area contributed by atoms with Crippen LogP contribution >= 0.6 is 23.2 Å². The van der Waals surface area contributed by atoms with Crippen molar-refractivity contribution in [2.24, 2.45) is 5.14 Å². The molecular formula is C12H9Cl2N3O3S. The van der Waals surface area contributed by atoms with E-state index in [1.165, 1.54) is 30.5 Å². The van der Waals surface area contributed by atoms with E-state index in [-0.39, 0.29) is 26.3 Å². The van der Waals surface area contributed by atoms with Gasteiger partial charge in [0.1, 0.15) is 5.15 Å². The number of anilines is 1. The van der Waals surface area contributed by atoms with Gasteiger partial charge in [-0.05, 0) is 30.3 Å². The molecule has 110 valence electrons. The van der Waals surface area contributed by atoms with Crippen molar-refractivity contribution in [1.82, 2.24) is 4.98 Å². The van der Waals surface area contributed by atoms with Crippen LogP contribution in [0.3, 0.4) is 0 Å². The molecule has 3 N–H and O–H groups in total. The van der Waals surface area contributed by atoms with Crippen LogP contribution in [0.25, 0.3) is 0 Å². The molecule has 0 aliphatic carbocycles. The molecule has 21 heavy (non-hydrogen) atoms. The van der Waals surface area contributed by atoms with Gasteiger partial charge < -0.3 is 5.32 Å². The lowest BCUT2D eigenvalue weighted by Crippen LogP contribution is -2.15. The Labute approximate surface area is 130 Å². The number of pyridine rings is 1. The number of nitrogens with two attached hydrogens (primary N) is 1. The highest BCUT2D eigenvalue weighted by atomic mass is 35.5. The molecule has 1 amide bonds. The molecule has 0 saturated carbocycles. The second-order valence-corrected chi connectivity index (χ2v) is 6.31. The molecule has 1 aromatic carbocycles. The second kappa shape index (κ2) is 5.98. The van der Waals surface area contributed by atoms with Crippen molar-refractivity contribution < 1.29 is 13.2 Å². The molecule has 1 aromatic heterocycles. The summed E-state index contributed by atoms with van der Waals surface area (Å²) in [6.45, 7) is 0. The molecular weight excluding hydrogens is 337 g/mol. The van der Waals surface area contributed by atoms with Gasteiger partial charge in [0, 0.05) is 6.20 Å². The molecule has 0 unspecified atom stereocenters. The summed E-state index contributed by atoms with van der Waals surface area (Å²) in [7, 11) is -3.90. The second-order valence-electron chi connectivity index (χ2n) is 3.98. The monoisotopic (exact) mass is 345 g/mol. The zero-order valence-corrected chi connectivity index (χ0v) is 12.7. The fourth-order valence-corrected chi connectivity index (χ4v) is 2.43. The smallest absolute Gasteiger partial charge is 0.258 e. The number of carbonyl (C=O) groups excluding carboxylic acids is 1. The summed E-state index contributed by atoms with van der Waals surface area (Å²) in [5.74, 6) is -0.568. The lowest BCUT2D eigenvalue weighted by atomic mass is 10.2. The van der Waals surface area contributed by atoms with Gasteiger partial charge in [-0.1, -0.05) is 23.2 Å². The minimum atomic E-state index is -3.90. The van der Waals surface area contributed by atoms with Gasteiger partial charge in [-0.3, -0.25) is 4.79 Å². The van der Waals surface area contributed by atoms with E-state index in [0.29, 0.717) is 0 Å². The molecule has 0 atom stereocenters. The third-order valence-electron chi connectivity index (χ3n) is 2.52. The number of rotatable bonds is 3. The van der Waals surface area contributed by atoms with E-state index in [1.54, 1.807) is 6.07 Å². The van der Waals surface area contributed by atoms with E-state index in [0.717, 1.165) is 0 Å². The zero-order chi connectivity index (χ0) is 15.6. The van der Waals surface area contributed by atoms with Crippen molar-refractivity contribution in [3.8, 4) is 0 Å². The van der Waals surface area contributed by atoms with Gasteiger partial charge in [0.05, 0.1) is 21.2 Å². The van der Waals surface area contributed by atoms with E-state index < -0.39 is 15.9 Å². The molecule has 0 spiro atoms. The Bertz CT molecular complexity index is 809. The Morgan fingerprint density at radius 3 is 2.57 bits per heavy atom. The first kappa shape index (κ1) is 15.7.